The van der Waals surface area contributed by atoms with Crippen molar-refractivity contribution in [3.05, 3.63) is 35.4 Å². The Morgan fingerprint density at radius 3 is 2.38 bits per heavy atom. The fourth-order valence-corrected chi connectivity index (χ4v) is 3.81. The smallest absolute Gasteiger partial charge is 0.326 e. The van der Waals surface area contributed by atoms with Crippen molar-refractivity contribution in [2.45, 2.75) is 58.0 Å². The molecule has 2 aliphatic heterocycles. The van der Waals surface area contributed by atoms with E-state index in [1.165, 1.54) is 5.56 Å². The molecule has 1 aromatic rings. The predicted octanol–water partition coefficient (Wildman–Crippen LogP) is 2.42. The Labute approximate surface area is 154 Å². The summed E-state index contributed by atoms with van der Waals surface area (Å²) in [6.07, 6.45) is 3.97. The summed E-state index contributed by atoms with van der Waals surface area (Å²) in [7, 11) is 0. The van der Waals surface area contributed by atoms with Crippen LogP contribution in [0.3, 0.4) is 0 Å². The molecule has 0 bridgehead atoms. The van der Waals surface area contributed by atoms with Crippen LogP contribution in [0.25, 0.3) is 0 Å². The zero-order valence-corrected chi connectivity index (χ0v) is 15.7. The average Bonchev–Trinajstić information content (AvgIpc) is 3.23. The van der Waals surface area contributed by atoms with Crippen LogP contribution in [0.1, 0.15) is 51.2 Å². The van der Waals surface area contributed by atoms with Gasteiger partial charge in [-0.05, 0) is 44.2 Å². The number of imide groups is 1. The van der Waals surface area contributed by atoms with Crippen molar-refractivity contribution in [2.24, 2.45) is 0 Å². The van der Waals surface area contributed by atoms with Crippen molar-refractivity contribution in [2.75, 3.05) is 13.1 Å². The van der Waals surface area contributed by atoms with E-state index in [0.717, 1.165) is 36.1 Å². The molecule has 4 amide bonds. The molecule has 0 unspecified atom stereocenters. The maximum atomic E-state index is 13.1. The number of likely N-dealkylation sites (tertiary alicyclic amines) is 1. The Balaban J connectivity index is 1.81. The van der Waals surface area contributed by atoms with Gasteiger partial charge in [0.2, 0.25) is 5.91 Å². The van der Waals surface area contributed by atoms with Gasteiger partial charge >= 0.3 is 6.03 Å². The van der Waals surface area contributed by atoms with Gasteiger partial charge in [0.25, 0.3) is 5.91 Å². The fraction of sp³-hybridized carbons (Fsp3) is 0.550. The monoisotopic (exact) mass is 357 g/mol. The molecule has 1 N–H and O–H groups in total. The highest BCUT2D eigenvalue weighted by molar-refractivity contribution is 6.09. The number of hydrogen-bond acceptors (Lipinski definition) is 3. The van der Waals surface area contributed by atoms with E-state index in [4.69, 9.17) is 0 Å². The van der Waals surface area contributed by atoms with Gasteiger partial charge in [0.15, 0.2) is 0 Å². The molecular weight excluding hydrogens is 330 g/mol. The minimum absolute atomic E-state index is 0.159. The Morgan fingerprint density at radius 2 is 1.81 bits per heavy atom. The molecule has 6 nitrogen and oxygen atoms in total. The first-order valence-electron chi connectivity index (χ1n) is 9.42. The summed E-state index contributed by atoms with van der Waals surface area (Å²) in [4.78, 5) is 41.1. The van der Waals surface area contributed by atoms with Crippen LogP contribution >= 0.6 is 0 Å². The molecule has 2 fully saturated rings. The van der Waals surface area contributed by atoms with Gasteiger partial charge in [0.05, 0.1) is 0 Å². The molecule has 2 saturated heterocycles. The van der Waals surface area contributed by atoms with E-state index in [0.29, 0.717) is 13.1 Å². The molecule has 1 aromatic carbocycles. The van der Waals surface area contributed by atoms with E-state index >= 15 is 0 Å². The lowest BCUT2D eigenvalue weighted by molar-refractivity contribution is -0.142. The number of rotatable bonds is 5. The van der Waals surface area contributed by atoms with Crippen molar-refractivity contribution >= 4 is 17.8 Å². The van der Waals surface area contributed by atoms with Gasteiger partial charge in [-0.3, -0.25) is 9.59 Å². The lowest BCUT2D eigenvalue weighted by Crippen LogP contribution is -2.49. The van der Waals surface area contributed by atoms with E-state index in [1.807, 2.05) is 24.3 Å². The first kappa shape index (κ1) is 18.4. The second kappa shape index (κ2) is 7.09. The first-order chi connectivity index (χ1) is 12.4. The maximum Gasteiger partial charge on any atom is 0.326 e. The summed E-state index contributed by atoms with van der Waals surface area (Å²) in [5, 5.41) is 2.79. The molecule has 0 saturated carbocycles. The Morgan fingerprint density at radius 1 is 1.19 bits per heavy atom. The summed E-state index contributed by atoms with van der Waals surface area (Å²) >= 11 is 0. The minimum Gasteiger partial charge on any atom is -0.341 e. The molecule has 2 heterocycles. The topological polar surface area (TPSA) is 69.7 Å². The Kier molecular flexibility index (Phi) is 5.03. The molecule has 2 atom stereocenters. The van der Waals surface area contributed by atoms with Crippen LogP contribution < -0.4 is 5.32 Å². The Bertz CT molecular complexity index is 710. The number of amides is 4. The van der Waals surface area contributed by atoms with Gasteiger partial charge in [-0.2, -0.15) is 0 Å². The number of carbonyl (C=O) groups is 3. The number of urea groups is 1. The van der Waals surface area contributed by atoms with Crippen molar-refractivity contribution in [1.29, 1.82) is 0 Å². The van der Waals surface area contributed by atoms with Crippen LogP contribution in [0.5, 0.6) is 0 Å². The average molecular weight is 357 g/mol. The molecule has 0 radical (unpaired) electrons. The fourth-order valence-electron chi connectivity index (χ4n) is 3.81. The highest BCUT2D eigenvalue weighted by Crippen LogP contribution is 2.31. The van der Waals surface area contributed by atoms with E-state index in [9.17, 15) is 14.4 Å². The van der Waals surface area contributed by atoms with Crippen molar-refractivity contribution in [1.82, 2.24) is 15.1 Å². The molecular formula is C20H27N3O3. The predicted molar refractivity (Wildman–Crippen MR) is 98.4 cm³/mol. The summed E-state index contributed by atoms with van der Waals surface area (Å²) in [6, 6.07) is 6.46. The number of benzene rings is 1. The quantitative estimate of drug-likeness (QED) is 0.823. The van der Waals surface area contributed by atoms with Gasteiger partial charge in [0.1, 0.15) is 11.6 Å². The van der Waals surface area contributed by atoms with Crippen LogP contribution in [0.4, 0.5) is 4.79 Å². The maximum absolute atomic E-state index is 13.1. The second-order valence-corrected chi connectivity index (χ2v) is 7.39. The summed E-state index contributed by atoms with van der Waals surface area (Å²) in [6.45, 7) is 6.85. The van der Waals surface area contributed by atoms with Crippen molar-refractivity contribution < 1.29 is 14.4 Å². The third-order valence-corrected chi connectivity index (χ3v) is 5.45. The van der Waals surface area contributed by atoms with Crippen LogP contribution in [0.2, 0.25) is 0 Å². The van der Waals surface area contributed by atoms with Gasteiger partial charge in [0, 0.05) is 13.1 Å². The molecule has 2 aliphatic rings. The third kappa shape index (κ3) is 3.08. The summed E-state index contributed by atoms with van der Waals surface area (Å²) in [5.74, 6) is -0.528. The zero-order chi connectivity index (χ0) is 18.9. The summed E-state index contributed by atoms with van der Waals surface area (Å²) in [5.41, 5.74) is 0.798. The Hall–Kier alpha value is -2.37. The van der Waals surface area contributed by atoms with E-state index < -0.39 is 17.6 Å². The van der Waals surface area contributed by atoms with E-state index in [1.54, 1.807) is 18.7 Å². The van der Waals surface area contributed by atoms with Gasteiger partial charge in [-0.1, -0.05) is 37.6 Å². The molecule has 26 heavy (non-hydrogen) atoms. The van der Waals surface area contributed by atoms with Crippen LogP contribution in [0, 0.1) is 0 Å². The van der Waals surface area contributed by atoms with Gasteiger partial charge in [-0.15, -0.1) is 0 Å². The standard InChI is InChI=1S/C20H27N3O3/c1-4-7-15-8-10-16(11-9-15)20(3)18(25)23(19(26)21-20)14(2)17(24)22-12-5-6-13-22/h8-11,14H,4-7,12-13H2,1-3H3,(H,21,26)/t14-,20-/m0/s1. The molecule has 140 valence electrons. The van der Waals surface area contributed by atoms with Crippen molar-refractivity contribution in [3.8, 4) is 0 Å². The van der Waals surface area contributed by atoms with Crippen LogP contribution in [0.15, 0.2) is 24.3 Å². The molecule has 0 spiro atoms. The number of nitrogens with one attached hydrogen (secondary N) is 1. The largest absolute Gasteiger partial charge is 0.341 e. The first-order valence-corrected chi connectivity index (χ1v) is 9.42. The minimum atomic E-state index is -1.14. The SMILES string of the molecule is CCCc1ccc([C@]2(C)NC(=O)N([C@@H](C)C(=O)N3CCCC3)C2=O)cc1. The number of aryl methyl sites for hydroxylation is 1. The van der Waals surface area contributed by atoms with Crippen molar-refractivity contribution in [3.63, 3.8) is 0 Å². The number of carbonyl (C=O) groups excluding carboxylic acids is 3. The van der Waals surface area contributed by atoms with E-state index in [-0.39, 0.29) is 11.8 Å². The van der Waals surface area contributed by atoms with Gasteiger partial charge in [-0.25, -0.2) is 9.69 Å². The number of hydrogen-bond donors (Lipinski definition) is 1. The van der Waals surface area contributed by atoms with Crippen LogP contribution in [-0.4, -0.2) is 46.8 Å². The molecule has 6 heteroatoms. The number of nitrogens with zero attached hydrogens (tertiary/aromatic N) is 2. The molecule has 0 aromatic heterocycles. The lowest BCUT2D eigenvalue weighted by atomic mass is 9.90. The van der Waals surface area contributed by atoms with Gasteiger partial charge < -0.3 is 10.2 Å². The highest BCUT2D eigenvalue weighted by atomic mass is 16.2. The summed E-state index contributed by atoms with van der Waals surface area (Å²) < 4.78 is 0. The van der Waals surface area contributed by atoms with Crippen LogP contribution in [-0.2, 0) is 21.5 Å². The molecule has 3 rings (SSSR count). The highest BCUT2D eigenvalue weighted by Gasteiger charge is 2.52. The lowest BCUT2D eigenvalue weighted by Gasteiger charge is -2.27. The molecule has 0 aliphatic carbocycles. The van der Waals surface area contributed by atoms with E-state index in [2.05, 4.69) is 12.2 Å². The third-order valence-electron chi connectivity index (χ3n) is 5.45. The second-order valence-electron chi connectivity index (χ2n) is 7.39. The normalized spacial score (nSPS) is 24.1. The zero-order valence-electron chi connectivity index (χ0n) is 15.7.